The summed E-state index contributed by atoms with van der Waals surface area (Å²) >= 11 is 3.15. The Morgan fingerprint density at radius 1 is 1.33 bits per heavy atom. The Morgan fingerprint density at radius 3 is 2.94 bits per heavy atom. The van der Waals surface area contributed by atoms with Crippen LogP contribution in [0.5, 0.6) is 0 Å². The van der Waals surface area contributed by atoms with Gasteiger partial charge in [-0.1, -0.05) is 6.07 Å². The van der Waals surface area contributed by atoms with Crippen molar-refractivity contribution in [2.24, 2.45) is 0 Å². The van der Waals surface area contributed by atoms with E-state index in [-0.39, 0.29) is 11.7 Å². The predicted molar refractivity (Wildman–Crippen MR) is 69.6 cm³/mol. The summed E-state index contributed by atoms with van der Waals surface area (Å²) in [6.45, 7) is 0. The molecule has 0 aliphatic rings. The van der Waals surface area contributed by atoms with Crippen molar-refractivity contribution in [1.29, 1.82) is 0 Å². The highest BCUT2D eigenvalue weighted by Crippen LogP contribution is 2.16. The van der Waals surface area contributed by atoms with Crippen molar-refractivity contribution in [3.8, 4) is 0 Å². The van der Waals surface area contributed by atoms with E-state index in [1.807, 2.05) is 28.8 Å². The summed E-state index contributed by atoms with van der Waals surface area (Å²) in [5.41, 5.74) is 0.772. The second-order valence-corrected chi connectivity index (χ2v) is 4.43. The number of nitrogens with zero attached hydrogens (tertiary/aromatic N) is 2. The number of imidazole rings is 1. The van der Waals surface area contributed by atoms with E-state index in [1.165, 1.54) is 0 Å². The van der Waals surface area contributed by atoms with Crippen LogP contribution in [0.25, 0.3) is 5.65 Å². The summed E-state index contributed by atoms with van der Waals surface area (Å²) < 4.78 is 7.51. The number of amides is 1. The third-order valence-electron chi connectivity index (χ3n) is 2.40. The lowest BCUT2D eigenvalue weighted by atomic mass is 10.4. The van der Waals surface area contributed by atoms with Crippen LogP contribution in [-0.2, 0) is 0 Å². The molecule has 0 atom stereocenters. The zero-order valence-electron chi connectivity index (χ0n) is 9.13. The molecule has 6 heteroatoms. The van der Waals surface area contributed by atoms with Gasteiger partial charge in [-0.15, -0.1) is 0 Å². The molecule has 1 N–H and O–H groups in total. The van der Waals surface area contributed by atoms with Gasteiger partial charge in [0, 0.05) is 6.20 Å². The predicted octanol–water partition coefficient (Wildman–Crippen LogP) is 2.94. The lowest BCUT2D eigenvalue weighted by molar-refractivity contribution is 0.0995. The topological polar surface area (TPSA) is 59.5 Å². The van der Waals surface area contributed by atoms with E-state index in [9.17, 15) is 4.79 Å². The number of hydrogen-bond donors (Lipinski definition) is 1. The molecule has 0 saturated heterocycles. The molecule has 18 heavy (non-hydrogen) atoms. The molecule has 0 aliphatic heterocycles. The molecule has 0 bridgehead atoms. The lowest BCUT2D eigenvalue weighted by Crippen LogP contribution is -2.10. The Morgan fingerprint density at radius 2 is 2.22 bits per heavy atom. The molecule has 0 fully saturated rings. The zero-order chi connectivity index (χ0) is 12.5. The standard InChI is InChI=1S/C12H8BrN3O2/c13-9-5-4-8(18-9)12(17)15-10-7-16-6-2-1-3-11(16)14-10/h1-7H,(H,15,17). The molecule has 0 spiro atoms. The first kappa shape index (κ1) is 11.0. The number of carbonyl (C=O) groups is 1. The maximum atomic E-state index is 11.8. The number of pyridine rings is 1. The summed E-state index contributed by atoms with van der Waals surface area (Å²) in [6, 6.07) is 8.90. The maximum absolute atomic E-state index is 11.8. The van der Waals surface area contributed by atoms with Crippen LogP contribution in [0, 0.1) is 0 Å². The van der Waals surface area contributed by atoms with Crippen molar-refractivity contribution >= 4 is 33.3 Å². The largest absolute Gasteiger partial charge is 0.444 e. The summed E-state index contributed by atoms with van der Waals surface area (Å²) in [4.78, 5) is 16.1. The molecule has 3 heterocycles. The van der Waals surface area contributed by atoms with E-state index in [4.69, 9.17) is 4.42 Å². The third-order valence-corrected chi connectivity index (χ3v) is 2.83. The number of rotatable bonds is 2. The van der Waals surface area contributed by atoms with Crippen LogP contribution in [0.3, 0.4) is 0 Å². The van der Waals surface area contributed by atoms with Crippen LogP contribution in [0.15, 0.2) is 51.8 Å². The van der Waals surface area contributed by atoms with E-state index in [1.54, 1.807) is 18.3 Å². The summed E-state index contributed by atoms with van der Waals surface area (Å²) in [7, 11) is 0. The number of nitrogens with one attached hydrogen (secondary N) is 1. The third kappa shape index (κ3) is 2.02. The van der Waals surface area contributed by atoms with Crippen LogP contribution >= 0.6 is 15.9 Å². The van der Waals surface area contributed by atoms with Crippen molar-refractivity contribution in [2.45, 2.75) is 0 Å². The van der Waals surface area contributed by atoms with Crippen molar-refractivity contribution in [1.82, 2.24) is 9.38 Å². The molecule has 0 unspecified atom stereocenters. The molecular weight excluding hydrogens is 298 g/mol. The van der Waals surface area contributed by atoms with Gasteiger partial charge in [-0.05, 0) is 40.2 Å². The number of hydrogen-bond acceptors (Lipinski definition) is 3. The minimum atomic E-state index is -0.330. The van der Waals surface area contributed by atoms with Gasteiger partial charge in [0.2, 0.25) is 0 Å². The van der Waals surface area contributed by atoms with Gasteiger partial charge in [-0.25, -0.2) is 4.98 Å². The number of carbonyl (C=O) groups excluding carboxylic acids is 1. The van der Waals surface area contributed by atoms with E-state index in [0.717, 1.165) is 5.65 Å². The molecule has 90 valence electrons. The Bertz CT molecular complexity index is 684. The van der Waals surface area contributed by atoms with Gasteiger partial charge >= 0.3 is 0 Å². The number of furan rings is 1. The molecule has 5 nitrogen and oxygen atoms in total. The molecule has 0 aliphatic carbocycles. The summed E-state index contributed by atoms with van der Waals surface area (Å²) in [5.74, 6) is 0.391. The van der Waals surface area contributed by atoms with E-state index >= 15 is 0 Å². The highest BCUT2D eigenvalue weighted by molar-refractivity contribution is 9.10. The highest BCUT2D eigenvalue weighted by Gasteiger charge is 2.12. The van der Waals surface area contributed by atoms with E-state index in [2.05, 4.69) is 26.2 Å². The van der Waals surface area contributed by atoms with Crippen LogP contribution in [0.4, 0.5) is 5.82 Å². The number of fused-ring (bicyclic) bond motifs is 1. The molecule has 3 aromatic heterocycles. The molecule has 3 aromatic rings. The minimum absolute atomic E-state index is 0.235. The average Bonchev–Trinajstić information content (AvgIpc) is 2.94. The van der Waals surface area contributed by atoms with Crippen LogP contribution in [0.2, 0.25) is 0 Å². The Hall–Kier alpha value is -2.08. The van der Waals surface area contributed by atoms with Crippen LogP contribution in [0.1, 0.15) is 10.6 Å². The molecule has 1 amide bonds. The van der Waals surface area contributed by atoms with Crippen molar-refractivity contribution in [3.05, 3.63) is 53.2 Å². The first-order valence-electron chi connectivity index (χ1n) is 5.23. The van der Waals surface area contributed by atoms with E-state index in [0.29, 0.717) is 10.5 Å². The summed E-state index contributed by atoms with van der Waals surface area (Å²) in [5, 5.41) is 2.68. The van der Waals surface area contributed by atoms with E-state index < -0.39 is 0 Å². The first-order valence-corrected chi connectivity index (χ1v) is 6.02. The summed E-state index contributed by atoms with van der Waals surface area (Å²) in [6.07, 6.45) is 3.60. The van der Waals surface area contributed by atoms with Crippen molar-refractivity contribution in [3.63, 3.8) is 0 Å². The quantitative estimate of drug-likeness (QED) is 0.792. The highest BCUT2D eigenvalue weighted by atomic mass is 79.9. The second kappa shape index (κ2) is 4.30. The fourth-order valence-electron chi connectivity index (χ4n) is 1.61. The van der Waals surface area contributed by atoms with Crippen LogP contribution in [-0.4, -0.2) is 15.3 Å². The lowest BCUT2D eigenvalue weighted by Gasteiger charge is -1.96. The monoisotopic (exact) mass is 305 g/mol. The van der Waals surface area contributed by atoms with Gasteiger partial charge in [-0.3, -0.25) is 4.79 Å². The van der Waals surface area contributed by atoms with Crippen LogP contribution < -0.4 is 5.32 Å². The fraction of sp³-hybridized carbons (Fsp3) is 0. The van der Waals surface area contributed by atoms with Gasteiger partial charge in [0.15, 0.2) is 16.2 Å². The molecule has 0 saturated carbocycles. The molecule has 0 radical (unpaired) electrons. The Labute approximate surface area is 111 Å². The minimum Gasteiger partial charge on any atom is -0.444 e. The van der Waals surface area contributed by atoms with Gasteiger partial charge in [0.05, 0.1) is 6.20 Å². The Balaban J connectivity index is 1.86. The smallest absolute Gasteiger partial charge is 0.292 e. The zero-order valence-corrected chi connectivity index (χ0v) is 10.7. The van der Waals surface area contributed by atoms with Crippen molar-refractivity contribution < 1.29 is 9.21 Å². The van der Waals surface area contributed by atoms with Gasteiger partial charge in [0.1, 0.15) is 5.65 Å². The number of anilines is 1. The maximum Gasteiger partial charge on any atom is 0.292 e. The SMILES string of the molecule is O=C(Nc1cn2ccccc2n1)c1ccc(Br)o1. The molecule has 3 rings (SSSR count). The van der Waals surface area contributed by atoms with Crippen molar-refractivity contribution in [2.75, 3.05) is 5.32 Å². The average molecular weight is 306 g/mol. The second-order valence-electron chi connectivity index (χ2n) is 3.65. The fourth-order valence-corrected chi connectivity index (χ4v) is 1.92. The van der Waals surface area contributed by atoms with Gasteiger partial charge < -0.3 is 14.1 Å². The molecule has 0 aromatic carbocycles. The van der Waals surface area contributed by atoms with Gasteiger partial charge in [-0.2, -0.15) is 0 Å². The number of aromatic nitrogens is 2. The molecular formula is C12H8BrN3O2. The normalized spacial score (nSPS) is 10.7. The number of halogens is 1. The first-order chi connectivity index (χ1) is 8.72. The van der Waals surface area contributed by atoms with Gasteiger partial charge in [0.25, 0.3) is 5.91 Å². The Kier molecular flexibility index (Phi) is 2.64.